The lowest BCUT2D eigenvalue weighted by atomic mass is 10.1. The zero-order valence-corrected chi connectivity index (χ0v) is 21.8. The second-order valence-corrected chi connectivity index (χ2v) is 11.3. The fourth-order valence-corrected chi connectivity index (χ4v) is 7.57. The van der Waals surface area contributed by atoms with Crippen LogP contribution in [0.2, 0.25) is 0 Å². The van der Waals surface area contributed by atoms with Gasteiger partial charge >= 0.3 is 0 Å². The number of thiophene rings is 1. The van der Waals surface area contributed by atoms with E-state index in [2.05, 4.69) is 143 Å². The Balaban J connectivity index is 1.33. The first-order valence-electron chi connectivity index (χ1n) is 13.3. The first-order chi connectivity index (χ1) is 19.3. The Kier molecular flexibility index (Phi) is 4.24. The van der Waals surface area contributed by atoms with Crippen LogP contribution in [0.3, 0.4) is 0 Å². The monoisotopic (exact) mass is 514 g/mol. The average molecular weight is 515 g/mol. The Morgan fingerprint density at radius 2 is 0.795 bits per heavy atom. The van der Waals surface area contributed by atoms with Crippen molar-refractivity contribution in [2.75, 3.05) is 0 Å². The standard InChI is InChI=1S/C36H22N2S/c1-5-13-31-25(9-1)26-10-2-6-14-32(26)37(31)23-18-20-34-30(21-23)27-11-3-7-15-33(27)38(34)24-17-19-29-28-12-4-8-16-35(28)39-36(29)22-24/h1-22H. The van der Waals surface area contributed by atoms with E-state index in [9.17, 15) is 0 Å². The molecule has 0 bridgehead atoms. The highest BCUT2D eigenvalue weighted by atomic mass is 32.1. The molecule has 0 radical (unpaired) electrons. The van der Waals surface area contributed by atoms with E-state index < -0.39 is 0 Å². The van der Waals surface area contributed by atoms with Crippen LogP contribution in [-0.4, -0.2) is 9.13 Å². The maximum Gasteiger partial charge on any atom is 0.0542 e. The molecule has 0 aliphatic rings. The average Bonchev–Trinajstić information content (AvgIpc) is 3.64. The molecule has 3 aromatic heterocycles. The summed E-state index contributed by atoms with van der Waals surface area (Å²) >= 11 is 1.87. The van der Waals surface area contributed by atoms with Crippen molar-refractivity contribution in [2.45, 2.75) is 0 Å². The van der Waals surface area contributed by atoms with Gasteiger partial charge < -0.3 is 9.13 Å². The molecule has 6 aromatic carbocycles. The molecule has 0 spiro atoms. The summed E-state index contributed by atoms with van der Waals surface area (Å²) in [7, 11) is 0. The maximum atomic E-state index is 2.42. The van der Waals surface area contributed by atoms with E-state index in [1.165, 1.54) is 75.2 Å². The highest BCUT2D eigenvalue weighted by molar-refractivity contribution is 7.25. The summed E-state index contributed by atoms with van der Waals surface area (Å²) in [5.41, 5.74) is 7.30. The summed E-state index contributed by atoms with van der Waals surface area (Å²) in [6, 6.07) is 48.7. The van der Waals surface area contributed by atoms with E-state index in [-0.39, 0.29) is 0 Å². The third-order valence-electron chi connectivity index (χ3n) is 8.11. The van der Waals surface area contributed by atoms with E-state index >= 15 is 0 Å². The van der Waals surface area contributed by atoms with Crippen molar-refractivity contribution < 1.29 is 0 Å². The Morgan fingerprint density at radius 3 is 1.46 bits per heavy atom. The lowest BCUT2D eigenvalue weighted by Gasteiger charge is -2.10. The van der Waals surface area contributed by atoms with E-state index in [4.69, 9.17) is 0 Å². The molecule has 182 valence electrons. The van der Waals surface area contributed by atoms with Crippen LogP contribution < -0.4 is 0 Å². The van der Waals surface area contributed by atoms with E-state index in [1.54, 1.807) is 0 Å². The zero-order chi connectivity index (χ0) is 25.5. The van der Waals surface area contributed by atoms with E-state index in [0.29, 0.717) is 0 Å². The molecule has 3 heterocycles. The molecule has 9 aromatic rings. The molecule has 39 heavy (non-hydrogen) atoms. The van der Waals surface area contributed by atoms with Crippen molar-refractivity contribution in [3.8, 4) is 11.4 Å². The van der Waals surface area contributed by atoms with Crippen LogP contribution in [0.25, 0.3) is 75.2 Å². The van der Waals surface area contributed by atoms with Gasteiger partial charge in [-0.2, -0.15) is 0 Å². The van der Waals surface area contributed by atoms with Gasteiger partial charge in [0.1, 0.15) is 0 Å². The fraction of sp³-hybridized carbons (Fsp3) is 0. The summed E-state index contributed by atoms with van der Waals surface area (Å²) in [5.74, 6) is 0. The minimum absolute atomic E-state index is 1.18. The molecular formula is C36H22N2S. The zero-order valence-electron chi connectivity index (χ0n) is 21.0. The second kappa shape index (κ2) is 7.83. The van der Waals surface area contributed by atoms with Crippen LogP contribution in [0, 0.1) is 0 Å². The minimum atomic E-state index is 1.18. The van der Waals surface area contributed by atoms with Gasteiger partial charge in [0.2, 0.25) is 0 Å². The smallest absolute Gasteiger partial charge is 0.0542 e. The molecule has 3 heteroatoms. The van der Waals surface area contributed by atoms with Crippen molar-refractivity contribution in [3.63, 3.8) is 0 Å². The number of aromatic nitrogens is 2. The van der Waals surface area contributed by atoms with Gasteiger partial charge in [0.05, 0.1) is 22.1 Å². The quantitative estimate of drug-likeness (QED) is 0.217. The van der Waals surface area contributed by atoms with Gasteiger partial charge in [0.15, 0.2) is 0 Å². The highest BCUT2D eigenvalue weighted by Gasteiger charge is 2.16. The number of benzene rings is 6. The summed E-state index contributed by atoms with van der Waals surface area (Å²) in [6.07, 6.45) is 0. The number of hydrogen-bond acceptors (Lipinski definition) is 1. The lowest BCUT2D eigenvalue weighted by Crippen LogP contribution is -1.95. The normalized spacial score (nSPS) is 12.1. The number of nitrogens with zero attached hydrogens (tertiary/aromatic N) is 2. The van der Waals surface area contributed by atoms with Crippen LogP contribution in [0.4, 0.5) is 0 Å². The molecular weight excluding hydrogens is 492 g/mol. The fourth-order valence-electron chi connectivity index (χ4n) is 6.43. The van der Waals surface area contributed by atoms with Crippen molar-refractivity contribution in [2.24, 2.45) is 0 Å². The van der Waals surface area contributed by atoms with Gasteiger partial charge in [-0.25, -0.2) is 0 Å². The number of fused-ring (bicyclic) bond motifs is 9. The molecule has 0 fully saturated rings. The van der Waals surface area contributed by atoms with Crippen LogP contribution in [0.15, 0.2) is 133 Å². The third-order valence-corrected chi connectivity index (χ3v) is 9.25. The molecule has 0 N–H and O–H groups in total. The summed E-state index contributed by atoms with van der Waals surface area (Å²) < 4.78 is 7.48. The Morgan fingerprint density at radius 1 is 0.333 bits per heavy atom. The van der Waals surface area contributed by atoms with E-state index in [1.807, 2.05) is 11.3 Å². The molecule has 2 nitrogen and oxygen atoms in total. The van der Waals surface area contributed by atoms with Gasteiger partial charge in [-0.3, -0.25) is 0 Å². The molecule has 0 unspecified atom stereocenters. The number of hydrogen-bond donors (Lipinski definition) is 0. The predicted octanol–water partition coefficient (Wildman–Crippen LogP) is 10.2. The molecule has 0 saturated heterocycles. The van der Waals surface area contributed by atoms with E-state index in [0.717, 1.165) is 0 Å². The minimum Gasteiger partial charge on any atom is -0.309 e. The molecule has 0 aliphatic carbocycles. The van der Waals surface area contributed by atoms with Crippen molar-refractivity contribution >= 4 is 75.1 Å². The first-order valence-corrected chi connectivity index (χ1v) is 14.1. The predicted molar refractivity (Wildman–Crippen MR) is 168 cm³/mol. The maximum absolute atomic E-state index is 2.42. The largest absolute Gasteiger partial charge is 0.309 e. The second-order valence-electron chi connectivity index (χ2n) is 10.2. The topological polar surface area (TPSA) is 9.86 Å². The van der Waals surface area contributed by atoms with Crippen molar-refractivity contribution in [1.29, 1.82) is 0 Å². The Hall–Kier alpha value is -4.86. The highest BCUT2D eigenvalue weighted by Crippen LogP contribution is 2.39. The molecule has 0 atom stereocenters. The third kappa shape index (κ3) is 2.91. The van der Waals surface area contributed by atoms with Crippen LogP contribution >= 0.6 is 11.3 Å². The van der Waals surface area contributed by atoms with Gasteiger partial charge in [0.25, 0.3) is 0 Å². The molecule has 0 amide bonds. The van der Waals surface area contributed by atoms with Crippen molar-refractivity contribution in [1.82, 2.24) is 9.13 Å². The Bertz CT molecular complexity index is 2350. The van der Waals surface area contributed by atoms with Gasteiger partial charge in [-0.1, -0.05) is 78.9 Å². The van der Waals surface area contributed by atoms with Crippen LogP contribution in [0.5, 0.6) is 0 Å². The summed E-state index contributed by atoms with van der Waals surface area (Å²) in [6.45, 7) is 0. The number of para-hydroxylation sites is 3. The van der Waals surface area contributed by atoms with Gasteiger partial charge in [-0.15, -0.1) is 11.3 Å². The summed E-state index contributed by atoms with van der Waals surface area (Å²) in [5, 5.41) is 7.77. The SMILES string of the molecule is c1ccc2c(c1)sc1cc(-n3c4ccccc4c4cc(-n5c6ccccc6c6ccccc65)ccc43)ccc12. The number of rotatable bonds is 2. The summed E-state index contributed by atoms with van der Waals surface area (Å²) in [4.78, 5) is 0. The van der Waals surface area contributed by atoms with Crippen molar-refractivity contribution in [3.05, 3.63) is 133 Å². The molecule has 0 saturated carbocycles. The van der Waals surface area contributed by atoms with Gasteiger partial charge in [0, 0.05) is 53.1 Å². The lowest BCUT2D eigenvalue weighted by molar-refractivity contribution is 1.17. The van der Waals surface area contributed by atoms with Crippen LogP contribution in [0.1, 0.15) is 0 Å². The Labute approximate surface area is 228 Å². The molecule has 0 aliphatic heterocycles. The molecule has 9 rings (SSSR count). The van der Waals surface area contributed by atoms with Crippen LogP contribution in [-0.2, 0) is 0 Å². The van der Waals surface area contributed by atoms with Gasteiger partial charge in [-0.05, 0) is 54.6 Å². The first kappa shape index (κ1) is 21.1.